The molecule has 0 saturated heterocycles. The molecule has 0 atom stereocenters. The lowest BCUT2D eigenvalue weighted by molar-refractivity contribution is -0.138. The van der Waals surface area contributed by atoms with Gasteiger partial charge < -0.3 is 0 Å². The van der Waals surface area contributed by atoms with Crippen molar-refractivity contribution < 1.29 is 35.9 Å². The van der Waals surface area contributed by atoms with E-state index in [1.807, 2.05) is 0 Å². The molecule has 0 radical (unpaired) electrons. The van der Waals surface area contributed by atoms with E-state index < -0.39 is 35.3 Å². The smallest absolute Gasteiger partial charge is 0.266 e. The normalized spacial score (nSPS) is 12.2. The van der Waals surface area contributed by atoms with Crippen LogP contribution in [0.15, 0.2) is 76.9 Å². The molecule has 13 heteroatoms. The molecule has 3 rings (SSSR count). The molecular formula is C23H15F6N5O2. The van der Waals surface area contributed by atoms with Crippen LogP contribution in [0.25, 0.3) is 0 Å². The number of amides is 2. The Morgan fingerprint density at radius 3 is 1.44 bits per heavy atom. The molecule has 0 spiro atoms. The molecule has 186 valence electrons. The van der Waals surface area contributed by atoms with E-state index in [4.69, 9.17) is 0 Å². The van der Waals surface area contributed by atoms with E-state index in [9.17, 15) is 35.9 Å². The molecule has 7 nitrogen and oxygen atoms in total. The Morgan fingerprint density at radius 2 is 1.06 bits per heavy atom. The summed E-state index contributed by atoms with van der Waals surface area (Å²) in [6, 6.07) is 12.4. The maximum absolute atomic E-state index is 12.8. The van der Waals surface area contributed by atoms with Gasteiger partial charge in [-0.05, 0) is 47.5 Å². The van der Waals surface area contributed by atoms with Crippen LogP contribution >= 0.6 is 0 Å². The Morgan fingerprint density at radius 1 is 0.667 bits per heavy atom. The average molecular weight is 507 g/mol. The van der Waals surface area contributed by atoms with Crippen molar-refractivity contribution in [3.05, 3.63) is 100 Å². The molecule has 0 fully saturated rings. The van der Waals surface area contributed by atoms with Crippen LogP contribution in [0.2, 0.25) is 0 Å². The number of halogens is 6. The van der Waals surface area contributed by atoms with Gasteiger partial charge in [-0.2, -0.15) is 36.5 Å². The van der Waals surface area contributed by atoms with Crippen LogP contribution in [-0.2, 0) is 12.4 Å². The number of hydrogen-bond acceptors (Lipinski definition) is 5. The molecule has 0 aliphatic rings. The third-order valence-electron chi connectivity index (χ3n) is 4.40. The van der Waals surface area contributed by atoms with Crippen LogP contribution in [0.1, 0.15) is 43.2 Å². The summed E-state index contributed by atoms with van der Waals surface area (Å²) in [6.45, 7) is 0. The lowest BCUT2D eigenvalue weighted by Crippen LogP contribution is -2.23. The van der Waals surface area contributed by atoms with Crippen molar-refractivity contribution in [3.63, 3.8) is 0 Å². The number of hydrogen-bond donors (Lipinski definition) is 2. The van der Waals surface area contributed by atoms with E-state index in [2.05, 4.69) is 26.0 Å². The third-order valence-corrected chi connectivity index (χ3v) is 4.40. The van der Waals surface area contributed by atoms with Gasteiger partial charge in [0.15, 0.2) is 0 Å². The number of hydrazone groups is 2. The number of carbonyl (C=O) groups excluding carboxylic acids is 2. The predicted octanol–water partition coefficient (Wildman–Crippen LogP) is 4.65. The summed E-state index contributed by atoms with van der Waals surface area (Å²) in [7, 11) is 0. The Labute approximate surface area is 199 Å². The van der Waals surface area contributed by atoms with E-state index in [1.54, 1.807) is 0 Å². The SMILES string of the molecule is O=C(N/N=C\c1cccc(C(F)(F)F)c1)c1cccc(C(=O)N/N=C\c2cccc(C(F)(F)F)c2)n1. The number of nitrogens with zero attached hydrogens (tertiary/aromatic N) is 3. The Kier molecular flexibility index (Phi) is 7.82. The quantitative estimate of drug-likeness (QED) is 0.289. The standard InChI is InChI=1S/C23H15F6N5O2/c24-22(25,26)16-6-1-4-14(10-16)12-30-33-20(35)18-8-3-9-19(32-18)21(36)34-31-13-15-5-2-7-17(11-15)23(27,28)29/h1-13H,(H,33,35)(H,34,36)/b30-12-,31-13-. The van der Waals surface area contributed by atoms with Gasteiger partial charge in [-0.1, -0.05) is 30.3 Å². The van der Waals surface area contributed by atoms with Crippen LogP contribution in [0.3, 0.4) is 0 Å². The van der Waals surface area contributed by atoms with Gasteiger partial charge in [0, 0.05) is 0 Å². The molecule has 0 unspecified atom stereocenters. The largest absolute Gasteiger partial charge is 0.416 e. The molecule has 2 N–H and O–H groups in total. The summed E-state index contributed by atoms with van der Waals surface area (Å²) in [5.41, 5.74) is 2.13. The lowest BCUT2D eigenvalue weighted by Gasteiger charge is -2.06. The van der Waals surface area contributed by atoms with Crippen molar-refractivity contribution in [2.45, 2.75) is 12.4 Å². The molecule has 2 aromatic carbocycles. The first-order chi connectivity index (χ1) is 16.9. The van der Waals surface area contributed by atoms with Crippen LogP contribution in [0.5, 0.6) is 0 Å². The molecule has 1 aromatic heterocycles. The van der Waals surface area contributed by atoms with Crippen molar-refractivity contribution in [2.24, 2.45) is 10.2 Å². The van der Waals surface area contributed by atoms with Crippen LogP contribution in [0.4, 0.5) is 26.3 Å². The second kappa shape index (κ2) is 10.8. The molecule has 1 heterocycles. The second-order valence-electron chi connectivity index (χ2n) is 7.05. The van der Waals surface area contributed by atoms with Crippen molar-refractivity contribution >= 4 is 24.2 Å². The van der Waals surface area contributed by atoms with Gasteiger partial charge in [0.05, 0.1) is 23.6 Å². The number of benzene rings is 2. The van der Waals surface area contributed by atoms with Crippen LogP contribution < -0.4 is 10.9 Å². The number of carbonyl (C=O) groups is 2. The summed E-state index contributed by atoms with van der Waals surface area (Å²) in [5, 5.41) is 7.17. The molecule has 3 aromatic rings. The zero-order valence-corrected chi connectivity index (χ0v) is 17.9. The van der Waals surface area contributed by atoms with Gasteiger partial charge in [-0.15, -0.1) is 0 Å². The summed E-state index contributed by atoms with van der Waals surface area (Å²) in [5.74, 6) is -1.69. The van der Waals surface area contributed by atoms with Crippen molar-refractivity contribution in [2.75, 3.05) is 0 Å². The highest BCUT2D eigenvalue weighted by Crippen LogP contribution is 2.30. The number of pyridine rings is 1. The first-order valence-electron chi connectivity index (χ1n) is 9.92. The van der Waals surface area contributed by atoms with Gasteiger partial charge >= 0.3 is 12.4 Å². The lowest BCUT2D eigenvalue weighted by atomic mass is 10.1. The summed E-state index contributed by atoms with van der Waals surface area (Å²) in [4.78, 5) is 28.3. The summed E-state index contributed by atoms with van der Waals surface area (Å²) in [6.07, 6.45) is -7.05. The van der Waals surface area contributed by atoms with Gasteiger partial charge in [-0.25, -0.2) is 15.8 Å². The summed E-state index contributed by atoms with van der Waals surface area (Å²) < 4.78 is 76.6. The molecule has 0 aliphatic carbocycles. The Bertz CT molecular complexity index is 1220. The van der Waals surface area contributed by atoms with Gasteiger partial charge in [0.25, 0.3) is 11.8 Å². The van der Waals surface area contributed by atoms with E-state index in [1.165, 1.54) is 42.5 Å². The van der Waals surface area contributed by atoms with E-state index >= 15 is 0 Å². The fourth-order valence-electron chi connectivity index (χ4n) is 2.72. The van der Waals surface area contributed by atoms with Crippen molar-refractivity contribution in [3.8, 4) is 0 Å². The van der Waals surface area contributed by atoms with E-state index in [0.29, 0.717) is 0 Å². The highest BCUT2D eigenvalue weighted by Gasteiger charge is 2.31. The zero-order valence-electron chi connectivity index (χ0n) is 17.9. The third kappa shape index (κ3) is 7.22. The molecule has 0 bridgehead atoms. The van der Waals surface area contributed by atoms with Gasteiger partial charge in [0.2, 0.25) is 0 Å². The zero-order chi connectivity index (χ0) is 26.3. The van der Waals surface area contributed by atoms with Crippen molar-refractivity contribution in [1.29, 1.82) is 0 Å². The van der Waals surface area contributed by atoms with Crippen LogP contribution in [-0.4, -0.2) is 29.2 Å². The minimum absolute atomic E-state index is 0.0878. The molecule has 0 aliphatic heterocycles. The topological polar surface area (TPSA) is 95.8 Å². The predicted molar refractivity (Wildman–Crippen MR) is 117 cm³/mol. The molecule has 2 amide bonds. The van der Waals surface area contributed by atoms with E-state index in [-0.39, 0.29) is 22.5 Å². The fourth-order valence-corrected chi connectivity index (χ4v) is 2.72. The van der Waals surface area contributed by atoms with Crippen LogP contribution in [0, 0.1) is 0 Å². The average Bonchev–Trinajstić information content (AvgIpc) is 2.83. The highest BCUT2D eigenvalue weighted by molar-refractivity contribution is 5.97. The van der Waals surface area contributed by atoms with Crippen molar-refractivity contribution in [1.82, 2.24) is 15.8 Å². The molecule has 0 saturated carbocycles. The van der Waals surface area contributed by atoms with Gasteiger partial charge in [-0.3, -0.25) is 9.59 Å². The Hall–Kier alpha value is -4.55. The Balaban J connectivity index is 1.61. The van der Waals surface area contributed by atoms with E-state index in [0.717, 1.165) is 36.7 Å². The maximum atomic E-state index is 12.8. The second-order valence-corrected chi connectivity index (χ2v) is 7.05. The minimum Gasteiger partial charge on any atom is -0.266 e. The number of rotatable bonds is 6. The number of aromatic nitrogens is 1. The summed E-state index contributed by atoms with van der Waals surface area (Å²) >= 11 is 0. The maximum Gasteiger partial charge on any atom is 0.416 e. The highest BCUT2D eigenvalue weighted by atomic mass is 19.4. The first kappa shape index (κ1) is 26.1. The molecule has 36 heavy (non-hydrogen) atoms. The number of alkyl halides is 6. The fraction of sp³-hybridized carbons (Fsp3) is 0.0870. The van der Waals surface area contributed by atoms with Gasteiger partial charge in [0.1, 0.15) is 11.4 Å². The minimum atomic E-state index is -4.53. The monoisotopic (exact) mass is 507 g/mol. The first-order valence-corrected chi connectivity index (χ1v) is 9.92. The number of nitrogens with one attached hydrogen (secondary N) is 2. The molecular weight excluding hydrogens is 492 g/mol.